The molecule has 1 N–H and O–H groups in total. The van der Waals surface area contributed by atoms with Crippen molar-refractivity contribution in [1.82, 2.24) is 4.90 Å². The van der Waals surface area contributed by atoms with E-state index in [1.165, 1.54) is 23.5 Å². The Balaban J connectivity index is 1.60. The molecule has 0 bridgehead atoms. The minimum atomic E-state index is -4.66. The van der Waals surface area contributed by atoms with Crippen LogP contribution < -0.4 is 19.3 Å². The van der Waals surface area contributed by atoms with E-state index in [1.807, 2.05) is 36.1 Å². The summed E-state index contributed by atoms with van der Waals surface area (Å²) < 4.78 is 67.2. The number of fused-ring (bicyclic) bond motifs is 1. The number of halogens is 4. The van der Waals surface area contributed by atoms with Gasteiger partial charge in [-0.05, 0) is 37.3 Å². The zero-order valence-corrected chi connectivity index (χ0v) is 23.3. The number of hydrogen-bond acceptors (Lipinski definition) is 8. The number of benzene rings is 2. The van der Waals surface area contributed by atoms with Crippen molar-refractivity contribution < 1.29 is 36.9 Å². The molecule has 2 aliphatic heterocycles. The summed E-state index contributed by atoms with van der Waals surface area (Å²) in [6, 6.07) is 9.51. The molecule has 1 aromatic heterocycles. The highest BCUT2D eigenvalue weighted by atomic mass is 32.1. The number of carbonyl (C=O) groups is 1. The average molecular weight is 593 g/mol. The topological polar surface area (TPSA) is 77.8 Å². The maximum atomic E-state index is 14.9. The Morgan fingerprint density at radius 3 is 2.59 bits per heavy atom. The Labute approximate surface area is 238 Å². The zero-order valence-electron chi connectivity index (χ0n) is 22.5. The average Bonchev–Trinajstić information content (AvgIpc) is 3.32. The standard InChI is InChI=1S/C28H28F4N4O4S/c1-16-14-34(9-10-35(16)18-5-4-6-19(12-18)39-2)27-33-25-20(15-41-26(25)29)21(13-24(37)38)36(27)22-11-17(28(30,31)32)7-8-23(22)40-3/h4-8,11-12,15-16,21H,9-10,13-14H2,1-3H3,(H,37,38). The number of guanidine groups is 1. The molecular formula is C28H28F4N4O4S. The van der Waals surface area contributed by atoms with Crippen molar-refractivity contribution in [3.05, 3.63) is 64.1 Å². The van der Waals surface area contributed by atoms with Crippen LogP contribution in [0.25, 0.3) is 0 Å². The first kappa shape index (κ1) is 28.5. The van der Waals surface area contributed by atoms with Gasteiger partial charge in [0.2, 0.25) is 11.1 Å². The van der Waals surface area contributed by atoms with Gasteiger partial charge in [0.05, 0.1) is 37.9 Å². The van der Waals surface area contributed by atoms with Crippen molar-refractivity contribution in [2.75, 3.05) is 43.7 Å². The normalized spacial score (nSPS) is 19.1. The van der Waals surface area contributed by atoms with E-state index in [0.29, 0.717) is 30.9 Å². The lowest BCUT2D eigenvalue weighted by atomic mass is 10.00. The van der Waals surface area contributed by atoms with Crippen molar-refractivity contribution in [3.63, 3.8) is 0 Å². The molecule has 2 aromatic carbocycles. The maximum Gasteiger partial charge on any atom is 0.416 e. The van der Waals surface area contributed by atoms with Gasteiger partial charge in [-0.3, -0.25) is 4.79 Å². The third kappa shape index (κ3) is 5.50. The SMILES string of the molecule is COc1cccc(N2CCN(C3=Nc4c(csc4F)C(CC(=O)O)N3c3cc(C(F)(F)F)ccc3OC)CC2C)c1. The van der Waals surface area contributed by atoms with Crippen molar-refractivity contribution in [2.24, 2.45) is 4.99 Å². The smallest absolute Gasteiger partial charge is 0.416 e. The number of anilines is 2. The molecule has 13 heteroatoms. The van der Waals surface area contributed by atoms with E-state index in [4.69, 9.17) is 9.47 Å². The number of rotatable bonds is 6. The third-order valence-corrected chi connectivity index (χ3v) is 8.05. The summed E-state index contributed by atoms with van der Waals surface area (Å²) in [5, 5.41) is 10.7. The van der Waals surface area contributed by atoms with Crippen molar-refractivity contribution in [2.45, 2.75) is 31.6 Å². The second kappa shape index (κ2) is 11.1. The van der Waals surface area contributed by atoms with E-state index in [1.54, 1.807) is 7.11 Å². The summed E-state index contributed by atoms with van der Waals surface area (Å²) in [5.74, 6) is -0.228. The van der Waals surface area contributed by atoms with Gasteiger partial charge in [0.1, 0.15) is 17.2 Å². The van der Waals surface area contributed by atoms with Crippen LogP contribution in [0.2, 0.25) is 0 Å². The van der Waals surface area contributed by atoms with Gasteiger partial charge in [-0.2, -0.15) is 17.6 Å². The molecule has 5 rings (SSSR count). The highest BCUT2D eigenvalue weighted by Gasteiger charge is 2.41. The van der Waals surface area contributed by atoms with Gasteiger partial charge in [0.15, 0.2) is 0 Å². The van der Waals surface area contributed by atoms with E-state index in [2.05, 4.69) is 9.89 Å². The molecule has 0 amide bonds. The lowest BCUT2D eigenvalue weighted by Crippen LogP contribution is -2.58. The Kier molecular flexibility index (Phi) is 7.73. The van der Waals surface area contributed by atoms with Crippen molar-refractivity contribution in [1.29, 1.82) is 0 Å². The molecule has 41 heavy (non-hydrogen) atoms. The van der Waals surface area contributed by atoms with E-state index in [-0.39, 0.29) is 29.1 Å². The fourth-order valence-electron chi connectivity index (χ4n) is 5.35. The second-order valence-electron chi connectivity index (χ2n) is 9.78. The monoisotopic (exact) mass is 592 g/mol. The second-order valence-corrected chi connectivity index (χ2v) is 10.6. The number of hydrogen-bond donors (Lipinski definition) is 1. The van der Waals surface area contributed by atoms with Gasteiger partial charge >= 0.3 is 12.1 Å². The summed E-state index contributed by atoms with van der Waals surface area (Å²) in [7, 11) is 2.91. The number of ether oxygens (including phenoxy) is 2. The van der Waals surface area contributed by atoms with Crippen LogP contribution in [-0.4, -0.2) is 61.8 Å². The molecule has 0 aliphatic carbocycles. The summed E-state index contributed by atoms with van der Waals surface area (Å²) in [5.41, 5.74) is 0.295. The van der Waals surface area contributed by atoms with Gasteiger partial charge in [0, 0.05) is 48.4 Å². The number of carboxylic acid groups (broad SMARTS) is 1. The van der Waals surface area contributed by atoms with Crippen LogP contribution in [0.4, 0.5) is 34.6 Å². The maximum absolute atomic E-state index is 14.9. The first-order valence-electron chi connectivity index (χ1n) is 12.8. The van der Waals surface area contributed by atoms with Gasteiger partial charge in [-0.15, -0.1) is 11.3 Å². The number of thiophene rings is 1. The predicted molar refractivity (Wildman–Crippen MR) is 148 cm³/mol. The van der Waals surface area contributed by atoms with Crippen LogP contribution >= 0.6 is 11.3 Å². The molecule has 2 aliphatic rings. The van der Waals surface area contributed by atoms with Crippen LogP contribution in [0.15, 0.2) is 52.8 Å². The van der Waals surface area contributed by atoms with Gasteiger partial charge in [0.25, 0.3) is 0 Å². The van der Waals surface area contributed by atoms with Crippen LogP contribution in [0.3, 0.4) is 0 Å². The Hall–Kier alpha value is -4.00. The number of alkyl halides is 3. The molecule has 2 atom stereocenters. The quantitative estimate of drug-likeness (QED) is 0.344. The molecule has 0 saturated carbocycles. The predicted octanol–water partition coefficient (Wildman–Crippen LogP) is 6.16. The fourth-order valence-corrected chi connectivity index (χ4v) is 6.12. The third-order valence-electron chi connectivity index (χ3n) is 7.28. The van der Waals surface area contributed by atoms with Crippen molar-refractivity contribution in [3.8, 4) is 11.5 Å². The first-order valence-corrected chi connectivity index (χ1v) is 13.7. The van der Waals surface area contributed by atoms with E-state index in [0.717, 1.165) is 29.2 Å². The summed E-state index contributed by atoms with van der Waals surface area (Å²) >= 11 is 0.773. The van der Waals surface area contributed by atoms with Gasteiger partial charge < -0.3 is 29.3 Å². The minimum Gasteiger partial charge on any atom is -0.497 e. The fraction of sp³-hybridized carbons (Fsp3) is 0.357. The molecule has 3 aromatic rings. The number of carboxylic acids is 1. The number of aliphatic imine (C=N–C) groups is 1. The van der Waals surface area contributed by atoms with Crippen molar-refractivity contribution >= 4 is 40.3 Å². The van der Waals surface area contributed by atoms with Crippen LogP contribution in [-0.2, 0) is 11.0 Å². The highest BCUT2D eigenvalue weighted by molar-refractivity contribution is 7.08. The minimum absolute atomic E-state index is 0.00122. The molecule has 2 unspecified atom stereocenters. The molecule has 8 nitrogen and oxygen atoms in total. The molecule has 3 heterocycles. The molecule has 1 saturated heterocycles. The lowest BCUT2D eigenvalue weighted by Gasteiger charge is -2.47. The Morgan fingerprint density at radius 2 is 1.93 bits per heavy atom. The van der Waals surface area contributed by atoms with E-state index >= 15 is 0 Å². The summed E-state index contributed by atoms with van der Waals surface area (Å²) in [6.45, 7) is 3.28. The number of methoxy groups -OCH3 is 2. The van der Waals surface area contributed by atoms with Gasteiger partial charge in [-0.25, -0.2) is 4.99 Å². The Morgan fingerprint density at radius 1 is 1.15 bits per heavy atom. The van der Waals surface area contributed by atoms with Crippen LogP contribution in [0, 0.1) is 5.13 Å². The van der Waals surface area contributed by atoms with Crippen LogP contribution in [0.5, 0.6) is 11.5 Å². The first-order chi connectivity index (χ1) is 19.5. The number of piperazine rings is 1. The highest BCUT2D eigenvalue weighted by Crippen LogP contribution is 2.47. The molecular weight excluding hydrogens is 564 g/mol. The largest absolute Gasteiger partial charge is 0.497 e. The van der Waals surface area contributed by atoms with Gasteiger partial charge in [-0.1, -0.05) is 6.07 Å². The Bertz CT molecular complexity index is 1480. The van der Waals surface area contributed by atoms with Crippen LogP contribution in [0.1, 0.15) is 30.5 Å². The molecule has 1 fully saturated rings. The molecule has 0 radical (unpaired) electrons. The zero-order chi connectivity index (χ0) is 29.5. The number of aliphatic carboxylic acids is 1. The molecule has 0 spiro atoms. The van der Waals surface area contributed by atoms with E-state index < -0.39 is 35.3 Å². The summed E-state index contributed by atoms with van der Waals surface area (Å²) in [6.07, 6.45) is -5.16. The molecule has 218 valence electrons. The van der Waals surface area contributed by atoms with E-state index in [9.17, 15) is 27.5 Å². The lowest BCUT2D eigenvalue weighted by molar-refractivity contribution is -0.138. The summed E-state index contributed by atoms with van der Waals surface area (Å²) in [4.78, 5) is 22.1. The number of nitrogens with zero attached hydrogens (tertiary/aromatic N) is 4.